The van der Waals surface area contributed by atoms with E-state index in [1.807, 2.05) is 0 Å². The molecule has 1 unspecified atom stereocenters. The van der Waals surface area contributed by atoms with Crippen LogP contribution in [0.5, 0.6) is 0 Å². The molecule has 0 spiro atoms. The lowest BCUT2D eigenvalue weighted by atomic mass is 10.6. The van der Waals surface area contributed by atoms with Gasteiger partial charge in [-0.15, -0.1) is 0 Å². The fourth-order valence-electron chi connectivity index (χ4n) is 0.275. The van der Waals surface area contributed by atoms with Gasteiger partial charge < -0.3 is 9.29 Å². The number of hydrogen-bond donors (Lipinski definition) is 1. The van der Waals surface area contributed by atoms with Crippen molar-refractivity contribution in [2.45, 2.75) is 6.05 Å². The number of esters is 1. The van der Waals surface area contributed by atoms with Crippen LogP contribution in [0.15, 0.2) is 0 Å². The average Bonchev–Trinajstić information content (AvgIpc) is 1.83. The first-order valence-electron chi connectivity index (χ1n) is 2.23. The van der Waals surface area contributed by atoms with E-state index in [0.29, 0.717) is 11.8 Å². The van der Waals surface area contributed by atoms with E-state index in [1.54, 1.807) is 0 Å². The quantitative estimate of drug-likeness (QED) is 0.355. The van der Waals surface area contributed by atoms with E-state index in [9.17, 15) is 22.3 Å². The van der Waals surface area contributed by atoms with Crippen LogP contribution in [0.3, 0.4) is 0 Å². The van der Waals surface area contributed by atoms with Gasteiger partial charge in [0.1, 0.15) is 0 Å². The van der Waals surface area contributed by atoms with Crippen LogP contribution in [0.4, 0.5) is 8.78 Å². The fourth-order valence-corrected chi connectivity index (χ4v) is 0.567. The molecule has 8 heteroatoms. The number of halogens is 2. The molecular weight excluding hydrogens is 184 g/mol. The van der Waals surface area contributed by atoms with Gasteiger partial charge >= 0.3 is 12.0 Å². The second kappa shape index (κ2) is 3.69. The van der Waals surface area contributed by atoms with Crippen molar-refractivity contribution in [1.82, 2.24) is 4.72 Å². The van der Waals surface area contributed by atoms with E-state index in [4.69, 9.17) is 0 Å². The highest BCUT2D eigenvalue weighted by Crippen LogP contribution is 2.10. The van der Waals surface area contributed by atoms with Crippen LogP contribution in [-0.2, 0) is 20.8 Å². The van der Waals surface area contributed by atoms with Crippen LogP contribution in [-0.4, -0.2) is 27.9 Å². The molecule has 1 N–H and O–H groups in total. The molecule has 0 radical (unpaired) electrons. The molecule has 0 aromatic carbocycles. The van der Waals surface area contributed by atoms with Crippen LogP contribution in [0.2, 0.25) is 0 Å². The van der Waals surface area contributed by atoms with E-state index in [0.717, 1.165) is 0 Å². The molecule has 11 heavy (non-hydrogen) atoms. The van der Waals surface area contributed by atoms with Gasteiger partial charge in [-0.2, -0.15) is 13.5 Å². The summed E-state index contributed by atoms with van der Waals surface area (Å²) in [5.41, 5.74) is 0. The maximum atomic E-state index is 12.1. The van der Waals surface area contributed by atoms with Gasteiger partial charge in [-0.05, 0) is 0 Å². The van der Waals surface area contributed by atoms with Crippen LogP contribution >= 0.6 is 0 Å². The summed E-state index contributed by atoms with van der Waals surface area (Å²) in [6.07, 6.45) is 0. The smallest absolute Gasteiger partial charge is 0.409 e. The molecule has 0 saturated heterocycles. The molecule has 0 aliphatic heterocycles. The Balaban J connectivity index is 4.21. The predicted molar refractivity (Wildman–Crippen MR) is 29.0 cm³/mol. The molecular formula is C3H4F2NO4S-. The summed E-state index contributed by atoms with van der Waals surface area (Å²) in [5, 5.41) is 0. The summed E-state index contributed by atoms with van der Waals surface area (Å²) in [6.45, 7) is 0. The predicted octanol–water partition coefficient (Wildman–Crippen LogP) is -0.864. The Bertz CT molecular complexity index is 184. The lowest BCUT2D eigenvalue weighted by Crippen LogP contribution is -2.45. The van der Waals surface area contributed by atoms with Crippen molar-refractivity contribution in [3.8, 4) is 0 Å². The van der Waals surface area contributed by atoms with E-state index < -0.39 is 23.3 Å². The number of ether oxygens (including phenoxy) is 1. The summed E-state index contributed by atoms with van der Waals surface area (Å²) in [5.74, 6) is -1.96. The highest BCUT2D eigenvalue weighted by Gasteiger charge is 2.40. The molecule has 0 fully saturated rings. The largest absolute Gasteiger partial charge is 0.760 e. The number of hydrogen-bond acceptors (Lipinski definition) is 4. The van der Waals surface area contributed by atoms with Crippen molar-refractivity contribution >= 4 is 17.2 Å². The first-order chi connectivity index (χ1) is 4.90. The zero-order chi connectivity index (χ0) is 9.07. The Morgan fingerprint density at radius 1 is 1.73 bits per heavy atom. The summed E-state index contributed by atoms with van der Waals surface area (Å²) < 4.78 is 47.7. The monoisotopic (exact) mass is 188 g/mol. The first kappa shape index (κ1) is 10.4. The maximum Gasteiger partial charge on any atom is 0.409 e. The highest BCUT2D eigenvalue weighted by atomic mass is 32.2. The minimum atomic E-state index is -4.19. The van der Waals surface area contributed by atoms with Crippen molar-refractivity contribution in [1.29, 1.82) is 0 Å². The third kappa shape index (κ3) is 3.35. The molecule has 0 aromatic rings. The van der Waals surface area contributed by atoms with E-state index >= 15 is 0 Å². The Morgan fingerprint density at radius 3 is 2.45 bits per heavy atom. The molecule has 1 atom stereocenters. The molecule has 0 bridgehead atoms. The minimum Gasteiger partial charge on any atom is -0.760 e. The zero-order valence-corrected chi connectivity index (χ0v) is 6.11. The second-order valence-corrected chi connectivity index (χ2v) is 2.08. The second-order valence-electron chi connectivity index (χ2n) is 1.40. The van der Waals surface area contributed by atoms with Crippen molar-refractivity contribution in [2.24, 2.45) is 0 Å². The Morgan fingerprint density at radius 2 is 2.18 bits per heavy atom. The topological polar surface area (TPSA) is 78.5 Å². The summed E-state index contributed by atoms with van der Waals surface area (Å²) in [6, 6.07) is -4.19. The zero-order valence-electron chi connectivity index (χ0n) is 5.30. The Kier molecular flexibility index (Phi) is 3.49. The van der Waals surface area contributed by atoms with Gasteiger partial charge in [0.05, 0.1) is 7.11 Å². The van der Waals surface area contributed by atoms with Gasteiger partial charge in [-0.3, -0.25) is 4.21 Å². The number of alkyl halides is 2. The number of rotatable bonds is 3. The third-order valence-electron chi connectivity index (χ3n) is 0.653. The molecule has 0 heterocycles. The molecule has 0 rings (SSSR count). The van der Waals surface area contributed by atoms with Crippen LogP contribution in [0.25, 0.3) is 0 Å². The van der Waals surface area contributed by atoms with Gasteiger partial charge in [0, 0.05) is 11.3 Å². The summed E-state index contributed by atoms with van der Waals surface area (Å²) >= 11 is -3.21. The molecule has 0 aliphatic carbocycles. The van der Waals surface area contributed by atoms with Gasteiger partial charge in [-0.1, -0.05) is 0 Å². The Hall–Kier alpha value is -0.600. The number of nitrogens with one attached hydrogen (secondary N) is 1. The van der Waals surface area contributed by atoms with Gasteiger partial charge in [0.15, 0.2) is 0 Å². The van der Waals surface area contributed by atoms with Gasteiger partial charge in [0.25, 0.3) is 0 Å². The van der Waals surface area contributed by atoms with E-state index in [2.05, 4.69) is 4.74 Å². The Labute approximate surface area is 63.1 Å². The molecule has 66 valence electrons. The standard InChI is InChI=1S/C3H5F2NO4S/c1-10-2(7)3(4,5)6-11(8)9/h6H,1H3,(H,8,9)/p-1. The molecule has 0 aliphatic rings. The SMILES string of the molecule is COC(=O)C(F)(F)NS(=O)[O-]. The number of methoxy groups -OCH3 is 1. The highest BCUT2D eigenvalue weighted by molar-refractivity contribution is 7.77. The van der Waals surface area contributed by atoms with Gasteiger partial charge in [-0.25, -0.2) is 4.79 Å². The lowest BCUT2D eigenvalue weighted by molar-refractivity contribution is -0.170. The van der Waals surface area contributed by atoms with Crippen molar-refractivity contribution < 1.29 is 27.1 Å². The molecule has 0 aromatic heterocycles. The number of carbonyl (C=O) groups excluding carboxylic acids is 1. The minimum absolute atomic E-state index is 0.679. The maximum absolute atomic E-state index is 12.1. The van der Waals surface area contributed by atoms with Crippen LogP contribution in [0.1, 0.15) is 0 Å². The van der Waals surface area contributed by atoms with E-state index in [1.165, 1.54) is 0 Å². The molecule has 0 saturated carbocycles. The van der Waals surface area contributed by atoms with Crippen LogP contribution in [0, 0.1) is 0 Å². The normalized spacial score (nSPS) is 14.2. The van der Waals surface area contributed by atoms with E-state index in [-0.39, 0.29) is 0 Å². The van der Waals surface area contributed by atoms with Crippen molar-refractivity contribution in [2.75, 3.05) is 7.11 Å². The third-order valence-corrected chi connectivity index (χ3v) is 1.08. The van der Waals surface area contributed by atoms with Crippen LogP contribution < -0.4 is 4.72 Å². The summed E-state index contributed by atoms with van der Waals surface area (Å²) in [7, 11) is 0.714. The summed E-state index contributed by atoms with van der Waals surface area (Å²) in [4.78, 5) is 10.1. The molecule has 0 amide bonds. The van der Waals surface area contributed by atoms with Crippen molar-refractivity contribution in [3.05, 3.63) is 0 Å². The van der Waals surface area contributed by atoms with Crippen molar-refractivity contribution in [3.63, 3.8) is 0 Å². The first-order valence-corrected chi connectivity index (χ1v) is 3.31. The lowest BCUT2D eigenvalue weighted by Gasteiger charge is -2.15. The van der Waals surface area contributed by atoms with Gasteiger partial charge in [0.2, 0.25) is 0 Å². The fraction of sp³-hybridized carbons (Fsp3) is 0.667. The molecule has 5 nitrogen and oxygen atoms in total. The number of carbonyl (C=O) groups is 1. The average molecular weight is 188 g/mol.